The normalized spacial score (nSPS) is 10.5. The predicted molar refractivity (Wildman–Crippen MR) is 99.8 cm³/mol. The largest absolute Gasteiger partial charge is 0.360 e. The molecule has 0 N–H and O–H groups in total. The molecule has 0 heterocycles. The smallest absolute Gasteiger partial charge is 0.300 e. The number of nitro groups is 2. The van der Waals surface area contributed by atoms with Crippen molar-refractivity contribution in [3.05, 3.63) is 37.9 Å². The standard InChI is InChI=1S/C17H26N4O5/c1-5-9-19(10-6-2)16-14(20(23)24)11-13(12-15(16)21(25)26)17(22)18(7-3)8-4/h11-12H,5-10H2,1-4H3. The van der Waals surface area contributed by atoms with Gasteiger partial charge in [-0.05, 0) is 26.7 Å². The predicted octanol–water partition coefficient (Wildman–Crippen LogP) is 3.61. The fourth-order valence-corrected chi connectivity index (χ4v) is 2.90. The highest BCUT2D eigenvalue weighted by Crippen LogP contribution is 2.39. The number of carbonyl (C=O) groups excluding carboxylic acids is 1. The molecule has 0 aliphatic rings. The number of nitrogens with zero attached hydrogens (tertiary/aromatic N) is 4. The van der Waals surface area contributed by atoms with Gasteiger partial charge in [0.1, 0.15) is 0 Å². The van der Waals surface area contributed by atoms with Crippen LogP contribution in [0.4, 0.5) is 17.1 Å². The van der Waals surface area contributed by atoms with Gasteiger partial charge in [0, 0.05) is 38.3 Å². The Balaban J connectivity index is 3.66. The second-order valence-corrected chi connectivity index (χ2v) is 5.84. The zero-order valence-electron chi connectivity index (χ0n) is 15.7. The highest BCUT2D eigenvalue weighted by Gasteiger charge is 2.32. The lowest BCUT2D eigenvalue weighted by Gasteiger charge is -2.24. The van der Waals surface area contributed by atoms with Crippen LogP contribution in [0.2, 0.25) is 0 Å². The molecule has 1 amide bonds. The highest BCUT2D eigenvalue weighted by molar-refractivity contribution is 5.97. The molecule has 0 fully saturated rings. The SMILES string of the molecule is CCCN(CCC)c1c([N+](=O)[O-])cc(C(=O)N(CC)CC)cc1[N+](=O)[O-]. The molecule has 0 spiro atoms. The van der Waals surface area contributed by atoms with Crippen molar-refractivity contribution >= 4 is 23.0 Å². The Bertz CT molecular complexity index is 632. The molecule has 0 atom stereocenters. The van der Waals surface area contributed by atoms with Crippen molar-refractivity contribution in [3.8, 4) is 0 Å². The van der Waals surface area contributed by atoms with E-state index < -0.39 is 27.1 Å². The molecular weight excluding hydrogens is 340 g/mol. The lowest BCUT2D eigenvalue weighted by atomic mass is 10.1. The zero-order valence-corrected chi connectivity index (χ0v) is 15.7. The third kappa shape index (κ3) is 4.68. The van der Waals surface area contributed by atoms with Crippen LogP contribution in [0.5, 0.6) is 0 Å². The van der Waals surface area contributed by atoms with E-state index in [2.05, 4.69) is 0 Å². The summed E-state index contributed by atoms with van der Waals surface area (Å²) >= 11 is 0. The monoisotopic (exact) mass is 366 g/mol. The molecule has 9 nitrogen and oxygen atoms in total. The van der Waals surface area contributed by atoms with Gasteiger partial charge in [0.05, 0.1) is 15.4 Å². The van der Waals surface area contributed by atoms with Gasteiger partial charge in [-0.2, -0.15) is 0 Å². The van der Waals surface area contributed by atoms with E-state index >= 15 is 0 Å². The van der Waals surface area contributed by atoms with Crippen LogP contribution in [0.15, 0.2) is 12.1 Å². The van der Waals surface area contributed by atoms with Crippen LogP contribution in [0.1, 0.15) is 50.9 Å². The van der Waals surface area contributed by atoms with Crippen molar-refractivity contribution in [1.82, 2.24) is 4.90 Å². The molecule has 0 saturated carbocycles. The summed E-state index contributed by atoms with van der Waals surface area (Å²) in [6.45, 7) is 9.10. The maximum atomic E-state index is 12.6. The van der Waals surface area contributed by atoms with Crippen LogP contribution >= 0.6 is 0 Å². The van der Waals surface area contributed by atoms with Crippen LogP contribution in [0.25, 0.3) is 0 Å². The molecule has 0 saturated heterocycles. The molecule has 1 rings (SSSR count). The average Bonchev–Trinajstić information content (AvgIpc) is 2.61. The maximum Gasteiger partial charge on any atom is 0.300 e. The van der Waals surface area contributed by atoms with E-state index in [1.54, 1.807) is 18.7 Å². The number of amides is 1. The van der Waals surface area contributed by atoms with Crippen LogP contribution < -0.4 is 4.90 Å². The molecule has 0 aliphatic heterocycles. The Morgan fingerprint density at radius 1 is 0.923 bits per heavy atom. The van der Waals surface area contributed by atoms with Gasteiger partial charge < -0.3 is 9.80 Å². The van der Waals surface area contributed by atoms with Crippen LogP contribution in [-0.4, -0.2) is 46.8 Å². The molecule has 0 radical (unpaired) electrons. The molecule has 9 heteroatoms. The summed E-state index contributed by atoms with van der Waals surface area (Å²) in [5, 5.41) is 23.2. The van der Waals surface area contributed by atoms with E-state index in [9.17, 15) is 25.0 Å². The number of benzene rings is 1. The Labute approximate surface area is 152 Å². The second kappa shape index (κ2) is 9.69. The molecule has 0 aromatic heterocycles. The van der Waals surface area contributed by atoms with Gasteiger partial charge in [-0.25, -0.2) is 0 Å². The van der Waals surface area contributed by atoms with Crippen molar-refractivity contribution in [3.63, 3.8) is 0 Å². The van der Waals surface area contributed by atoms with Crippen LogP contribution in [-0.2, 0) is 0 Å². The topological polar surface area (TPSA) is 110 Å². The lowest BCUT2D eigenvalue weighted by molar-refractivity contribution is -0.392. The van der Waals surface area contributed by atoms with Gasteiger partial charge in [0.15, 0.2) is 5.69 Å². The van der Waals surface area contributed by atoms with Gasteiger partial charge in [-0.15, -0.1) is 0 Å². The van der Waals surface area contributed by atoms with Crippen LogP contribution in [0.3, 0.4) is 0 Å². The van der Waals surface area contributed by atoms with Gasteiger partial charge >= 0.3 is 0 Å². The number of nitro benzene ring substituents is 2. The van der Waals surface area contributed by atoms with E-state index in [1.165, 1.54) is 4.90 Å². The number of rotatable bonds is 10. The van der Waals surface area contributed by atoms with E-state index in [1.807, 2.05) is 13.8 Å². The second-order valence-electron chi connectivity index (χ2n) is 5.84. The van der Waals surface area contributed by atoms with E-state index in [4.69, 9.17) is 0 Å². The van der Waals surface area contributed by atoms with Crippen molar-refractivity contribution in [2.45, 2.75) is 40.5 Å². The molecule has 0 aliphatic carbocycles. The Morgan fingerprint density at radius 3 is 1.65 bits per heavy atom. The molecule has 1 aromatic carbocycles. The van der Waals surface area contributed by atoms with Gasteiger partial charge in [0.2, 0.25) is 0 Å². The fourth-order valence-electron chi connectivity index (χ4n) is 2.90. The number of anilines is 1. The first-order valence-corrected chi connectivity index (χ1v) is 8.83. The van der Waals surface area contributed by atoms with Crippen molar-refractivity contribution in [1.29, 1.82) is 0 Å². The molecular formula is C17H26N4O5. The van der Waals surface area contributed by atoms with Crippen molar-refractivity contribution in [2.24, 2.45) is 0 Å². The fraction of sp³-hybridized carbons (Fsp3) is 0.588. The van der Waals surface area contributed by atoms with Crippen molar-refractivity contribution < 1.29 is 14.6 Å². The minimum atomic E-state index is -0.653. The summed E-state index contributed by atoms with van der Waals surface area (Å²) in [4.78, 5) is 37.6. The molecule has 1 aromatic rings. The number of hydrogen-bond acceptors (Lipinski definition) is 6. The summed E-state index contributed by atoms with van der Waals surface area (Å²) < 4.78 is 0. The Hall–Kier alpha value is -2.71. The van der Waals surface area contributed by atoms with Gasteiger partial charge in [-0.3, -0.25) is 25.0 Å². The van der Waals surface area contributed by atoms with Gasteiger partial charge in [0.25, 0.3) is 17.3 Å². The first-order chi connectivity index (χ1) is 12.3. The first kappa shape index (κ1) is 21.3. The Morgan fingerprint density at radius 2 is 1.35 bits per heavy atom. The zero-order chi connectivity index (χ0) is 19.9. The summed E-state index contributed by atoms with van der Waals surface area (Å²) in [7, 11) is 0. The quantitative estimate of drug-likeness (QED) is 0.462. The van der Waals surface area contributed by atoms with Crippen LogP contribution in [0, 0.1) is 20.2 Å². The molecule has 0 unspecified atom stereocenters. The van der Waals surface area contributed by atoms with E-state index in [0.29, 0.717) is 39.0 Å². The van der Waals surface area contributed by atoms with E-state index in [-0.39, 0.29) is 11.3 Å². The highest BCUT2D eigenvalue weighted by atomic mass is 16.6. The minimum Gasteiger partial charge on any atom is -0.360 e. The lowest BCUT2D eigenvalue weighted by Crippen LogP contribution is -2.31. The third-order valence-corrected chi connectivity index (χ3v) is 4.06. The third-order valence-electron chi connectivity index (χ3n) is 4.06. The minimum absolute atomic E-state index is 0.0280. The summed E-state index contributed by atoms with van der Waals surface area (Å²) in [5.74, 6) is -0.453. The summed E-state index contributed by atoms with van der Waals surface area (Å²) in [5.41, 5.74) is -0.878. The number of hydrogen-bond donors (Lipinski definition) is 0. The van der Waals surface area contributed by atoms with Gasteiger partial charge in [-0.1, -0.05) is 13.8 Å². The molecule has 26 heavy (non-hydrogen) atoms. The first-order valence-electron chi connectivity index (χ1n) is 8.83. The summed E-state index contributed by atoms with van der Waals surface area (Å²) in [6, 6.07) is 2.31. The molecule has 144 valence electrons. The van der Waals surface area contributed by atoms with Crippen molar-refractivity contribution in [2.75, 3.05) is 31.1 Å². The average molecular weight is 366 g/mol. The number of carbonyl (C=O) groups is 1. The van der Waals surface area contributed by atoms with E-state index in [0.717, 1.165) is 12.1 Å². The maximum absolute atomic E-state index is 12.6. The summed E-state index contributed by atoms with van der Waals surface area (Å²) in [6.07, 6.45) is 1.38. The Kier molecular flexibility index (Phi) is 7.95. The molecule has 0 bridgehead atoms.